The lowest BCUT2D eigenvalue weighted by atomic mass is 10.1. The molecule has 1 N–H and O–H groups in total. The van der Waals surface area contributed by atoms with Crippen molar-refractivity contribution < 1.29 is 4.74 Å². The molecule has 1 aliphatic heterocycles. The first-order valence-electron chi connectivity index (χ1n) is 8.14. The van der Waals surface area contributed by atoms with Gasteiger partial charge in [0.05, 0.1) is 6.10 Å². The zero-order valence-electron chi connectivity index (χ0n) is 12.8. The minimum absolute atomic E-state index is 0.401. The van der Waals surface area contributed by atoms with Gasteiger partial charge in [0.1, 0.15) is 0 Å². The highest BCUT2D eigenvalue weighted by Crippen LogP contribution is 2.28. The molecule has 2 aliphatic rings. The summed E-state index contributed by atoms with van der Waals surface area (Å²) >= 11 is 3.61. The van der Waals surface area contributed by atoms with Crippen molar-refractivity contribution in [2.75, 3.05) is 24.6 Å². The number of anilines is 1. The van der Waals surface area contributed by atoms with Gasteiger partial charge in [-0.25, -0.2) is 0 Å². The Morgan fingerprint density at radius 3 is 2.86 bits per heavy atom. The van der Waals surface area contributed by atoms with Crippen LogP contribution in [0.4, 0.5) is 5.69 Å². The lowest BCUT2D eigenvalue weighted by molar-refractivity contribution is 0.115. The van der Waals surface area contributed by atoms with Crippen molar-refractivity contribution >= 4 is 21.6 Å². The Kier molecular flexibility index (Phi) is 5.19. The van der Waals surface area contributed by atoms with Crippen molar-refractivity contribution in [2.45, 2.75) is 51.3 Å². The molecule has 1 aromatic carbocycles. The summed E-state index contributed by atoms with van der Waals surface area (Å²) in [7, 11) is 0. The first kappa shape index (κ1) is 15.3. The van der Waals surface area contributed by atoms with Crippen LogP contribution in [-0.4, -0.2) is 31.8 Å². The van der Waals surface area contributed by atoms with E-state index in [4.69, 9.17) is 4.74 Å². The van der Waals surface area contributed by atoms with Crippen molar-refractivity contribution in [1.29, 1.82) is 0 Å². The third kappa shape index (κ3) is 4.21. The third-order valence-corrected chi connectivity index (χ3v) is 4.86. The maximum Gasteiger partial charge on any atom is 0.0750 e. The van der Waals surface area contributed by atoms with Gasteiger partial charge in [-0.15, -0.1) is 0 Å². The van der Waals surface area contributed by atoms with Gasteiger partial charge >= 0.3 is 0 Å². The number of hydrogen-bond acceptors (Lipinski definition) is 3. The number of hydrogen-bond donors (Lipinski definition) is 1. The van der Waals surface area contributed by atoms with Gasteiger partial charge < -0.3 is 15.0 Å². The molecule has 1 saturated carbocycles. The summed E-state index contributed by atoms with van der Waals surface area (Å²) < 4.78 is 6.97. The van der Waals surface area contributed by atoms with Crippen LogP contribution in [0.5, 0.6) is 0 Å². The van der Waals surface area contributed by atoms with Crippen molar-refractivity contribution in [3.05, 3.63) is 28.2 Å². The molecule has 0 spiro atoms. The maximum atomic E-state index is 5.81. The molecule has 0 aromatic heterocycles. The predicted octanol–water partition coefficient (Wildman–Crippen LogP) is 3.71. The average molecular weight is 353 g/mol. The Morgan fingerprint density at radius 1 is 1.33 bits per heavy atom. The Labute approximate surface area is 136 Å². The first-order valence-corrected chi connectivity index (χ1v) is 8.94. The van der Waals surface area contributed by atoms with Crippen molar-refractivity contribution in [1.82, 2.24) is 5.32 Å². The molecular weight excluding hydrogens is 328 g/mol. The minimum Gasteiger partial charge on any atom is -0.376 e. The summed E-state index contributed by atoms with van der Waals surface area (Å²) in [6.07, 6.45) is 5.47. The summed E-state index contributed by atoms with van der Waals surface area (Å²) in [5, 5.41) is 3.63. The van der Waals surface area contributed by atoms with E-state index in [2.05, 4.69) is 51.3 Å². The fraction of sp³-hybridized carbons (Fsp3) is 0.647. The molecule has 1 saturated heterocycles. The van der Waals surface area contributed by atoms with Crippen LogP contribution in [0, 0.1) is 0 Å². The van der Waals surface area contributed by atoms with Crippen molar-refractivity contribution in [3.8, 4) is 0 Å². The molecule has 3 rings (SSSR count). The maximum absolute atomic E-state index is 5.81. The van der Waals surface area contributed by atoms with E-state index in [1.165, 1.54) is 36.9 Å². The van der Waals surface area contributed by atoms with Gasteiger partial charge in [0.2, 0.25) is 0 Å². The number of rotatable bonds is 7. The molecule has 2 fully saturated rings. The molecule has 21 heavy (non-hydrogen) atoms. The molecule has 1 heterocycles. The monoisotopic (exact) mass is 352 g/mol. The van der Waals surface area contributed by atoms with Gasteiger partial charge in [0.25, 0.3) is 0 Å². The zero-order chi connectivity index (χ0) is 14.7. The van der Waals surface area contributed by atoms with Crippen molar-refractivity contribution in [3.63, 3.8) is 0 Å². The zero-order valence-corrected chi connectivity index (χ0v) is 14.4. The van der Waals surface area contributed by atoms with Gasteiger partial charge in [-0.3, -0.25) is 0 Å². The van der Waals surface area contributed by atoms with Crippen LogP contribution in [0.2, 0.25) is 0 Å². The van der Waals surface area contributed by atoms with Crippen LogP contribution >= 0.6 is 15.9 Å². The second kappa shape index (κ2) is 7.12. The van der Waals surface area contributed by atoms with Gasteiger partial charge in [-0.1, -0.05) is 15.9 Å². The normalized spacial score (nSPS) is 21.7. The summed E-state index contributed by atoms with van der Waals surface area (Å²) in [6.45, 7) is 6.15. The number of nitrogens with zero attached hydrogens (tertiary/aromatic N) is 1. The average Bonchev–Trinajstić information content (AvgIpc) is 3.18. The Bertz CT molecular complexity index is 470. The number of benzene rings is 1. The van der Waals surface area contributed by atoms with Gasteiger partial charge in [0, 0.05) is 42.4 Å². The molecule has 1 atom stereocenters. The number of halogens is 1. The molecule has 1 aliphatic carbocycles. The number of likely N-dealkylation sites (N-methyl/N-ethyl adjacent to an activating group) is 1. The lowest BCUT2D eigenvalue weighted by Gasteiger charge is -2.28. The third-order valence-electron chi connectivity index (χ3n) is 4.37. The van der Waals surface area contributed by atoms with E-state index in [0.29, 0.717) is 6.10 Å². The Morgan fingerprint density at radius 2 is 2.19 bits per heavy atom. The Balaban J connectivity index is 1.72. The standard InChI is InChI=1S/C17H25BrN2O/c1-2-20(12-16-4-3-9-21-16)17-8-5-14(18)10-13(17)11-19-15-6-7-15/h5,8,10,15-16,19H,2-4,6-7,9,11-12H2,1H3. The quantitative estimate of drug-likeness (QED) is 0.809. The predicted molar refractivity (Wildman–Crippen MR) is 90.9 cm³/mol. The largest absolute Gasteiger partial charge is 0.376 e. The first-order chi connectivity index (χ1) is 10.3. The van der Waals surface area contributed by atoms with Crippen molar-refractivity contribution in [2.24, 2.45) is 0 Å². The fourth-order valence-corrected chi connectivity index (χ4v) is 3.39. The highest BCUT2D eigenvalue weighted by molar-refractivity contribution is 9.10. The number of nitrogens with one attached hydrogen (secondary N) is 1. The van der Waals surface area contributed by atoms with E-state index < -0.39 is 0 Å². The van der Waals surface area contributed by atoms with E-state index in [0.717, 1.165) is 36.8 Å². The van der Waals surface area contributed by atoms with E-state index >= 15 is 0 Å². The van der Waals surface area contributed by atoms with E-state index in [-0.39, 0.29) is 0 Å². The Hall–Kier alpha value is -0.580. The smallest absolute Gasteiger partial charge is 0.0750 e. The second-order valence-electron chi connectivity index (χ2n) is 6.10. The molecule has 116 valence electrons. The highest BCUT2D eigenvalue weighted by atomic mass is 79.9. The van der Waals surface area contributed by atoms with Crippen LogP contribution in [-0.2, 0) is 11.3 Å². The van der Waals surface area contributed by atoms with Crippen LogP contribution in [0.25, 0.3) is 0 Å². The second-order valence-corrected chi connectivity index (χ2v) is 7.02. The summed E-state index contributed by atoms with van der Waals surface area (Å²) in [4.78, 5) is 2.46. The highest BCUT2D eigenvalue weighted by Gasteiger charge is 2.23. The van der Waals surface area contributed by atoms with Crippen LogP contribution in [0.1, 0.15) is 38.2 Å². The molecule has 0 radical (unpaired) electrons. The van der Waals surface area contributed by atoms with Gasteiger partial charge in [0.15, 0.2) is 0 Å². The van der Waals surface area contributed by atoms with Gasteiger partial charge in [-0.2, -0.15) is 0 Å². The molecular formula is C17H25BrN2O. The van der Waals surface area contributed by atoms with Crippen LogP contribution in [0.15, 0.2) is 22.7 Å². The van der Waals surface area contributed by atoms with Crippen LogP contribution < -0.4 is 10.2 Å². The van der Waals surface area contributed by atoms with E-state index in [1.54, 1.807) is 0 Å². The molecule has 1 aromatic rings. The fourth-order valence-electron chi connectivity index (χ4n) is 2.98. The molecule has 1 unspecified atom stereocenters. The summed E-state index contributed by atoms with van der Waals surface area (Å²) in [6, 6.07) is 7.38. The number of ether oxygens (including phenoxy) is 1. The SMILES string of the molecule is CCN(CC1CCCO1)c1ccc(Br)cc1CNC1CC1. The van der Waals surface area contributed by atoms with E-state index in [9.17, 15) is 0 Å². The summed E-state index contributed by atoms with van der Waals surface area (Å²) in [5.74, 6) is 0. The summed E-state index contributed by atoms with van der Waals surface area (Å²) in [5.41, 5.74) is 2.74. The molecule has 0 bridgehead atoms. The molecule has 4 heteroatoms. The minimum atomic E-state index is 0.401. The van der Waals surface area contributed by atoms with Crippen LogP contribution in [0.3, 0.4) is 0 Å². The van der Waals surface area contributed by atoms with E-state index in [1.807, 2.05) is 0 Å². The lowest BCUT2D eigenvalue weighted by Crippen LogP contribution is -2.33. The molecule has 3 nitrogen and oxygen atoms in total. The van der Waals surface area contributed by atoms with Gasteiger partial charge in [-0.05, 0) is 56.4 Å². The molecule has 0 amide bonds. The topological polar surface area (TPSA) is 24.5 Å².